The maximum atomic E-state index is 0. The van der Waals surface area contributed by atoms with Crippen LogP contribution in [0.25, 0.3) is 0 Å². The monoisotopic (exact) mass is 1080 g/mol. The largest absolute Gasteiger partial charge is 0.358 e. The Morgan fingerprint density at radius 2 is 0.400 bits per heavy atom. The van der Waals surface area contributed by atoms with Gasteiger partial charge in [-0.2, -0.15) is 0 Å². The summed E-state index contributed by atoms with van der Waals surface area (Å²) in [4.78, 5) is 0. The van der Waals surface area contributed by atoms with Crippen LogP contribution in [-0.2, 0) is 0 Å². The maximum absolute atomic E-state index is 0. The van der Waals surface area contributed by atoms with E-state index in [1.807, 2.05) is 0 Å². The normalized spacial score (nSPS) is 0. The summed E-state index contributed by atoms with van der Waals surface area (Å²) in [5.74, 6) is 0. The third-order valence-corrected chi connectivity index (χ3v) is 0. The summed E-state index contributed by atoms with van der Waals surface area (Å²) < 4.78 is 0. The Labute approximate surface area is 8.74 Å². The van der Waals surface area contributed by atoms with Crippen molar-refractivity contribution in [3.05, 3.63) is 7.43 Å². The molecule has 0 saturated carbocycles. The molecule has 0 nitrogen and oxygen atoms in total. The molecule has 0 bridgehead atoms. The van der Waals surface area contributed by atoms with E-state index in [2.05, 4.69) is 0 Å². The Bertz CT molecular complexity index is 3.61. The van der Waals surface area contributed by atoms with E-state index in [-0.39, 0.29) is 7.43 Å². The summed E-state index contributed by atoms with van der Waals surface area (Å²) in [6.07, 6.45) is 0. The molecule has 0 aromatic carbocycles. The minimum atomic E-state index is 0. The molecule has 0 radical (unpaired) electrons. The Morgan fingerprint density at radius 3 is 0.400 bits per heavy atom. The molecule has 0 aliphatic carbocycles. The molecular weight excluding hydrogens is 1080 g/mol. The van der Waals surface area contributed by atoms with E-state index in [0.29, 0.717) is 0 Å². The van der Waals surface area contributed by atoms with Crippen molar-refractivity contribution in [1.82, 2.24) is 0 Å². The predicted octanol–water partition coefficient (Wildman–Crippen LogP) is 0.450. The predicted molar refractivity (Wildman–Crippen MR) is 6.41 cm³/mol. The van der Waals surface area contributed by atoms with Gasteiger partial charge in [-0.05, 0) is 0 Å². The van der Waals surface area contributed by atoms with E-state index >= 15 is 0 Å². The number of hydrogen-bond acceptors (Lipinski definition) is 0. The Hall–Kier alpha value is -4.00. The van der Waals surface area contributed by atoms with E-state index in [9.17, 15) is 0 Å². The molecule has 0 N–H and O–H groups in total. The summed E-state index contributed by atoms with van der Waals surface area (Å²) >= 11 is 0. The first-order valence-corrected chi connectivity index (χ1v) is 0. The smallest absolute Gasteiger partial charge is 0 e. The summed E-state index contributed by atoms with van der Waals surface area (Å²) in [5, 5.41) is 0. The van der Waals surface area contributed by atoms with Gasteiger partial charge in [0.1, 0.15) is 0 Å². The minimum Gasteiger partial charge on any atom is -0.358 e. The fraction of sp³-hybridized carbons (Fsp3) is 0. The fourth-order valence-corrected chi connectivity index (χ4v) is 0. The van der Waals surface area contributed by atoms with Crippen LogP contribution in [0.3, 0.4) is 0 Å². The average Bonchev–Trinajstić information content (AvgIpc) is 0. The van der Waals surface area contributed by atoms with Crippen molar-refractivity contribution in [1.29, 1.82) is 0 Å². The topological polar surface area (TPSA) is 0 Å². The Morgan fingerprint density at radius 1 is 0.400 bits per heavy atom. The van der Waals surface area contributed by atoms with Gasteiger partial charge < -0.3 is 7.43 Å². The molecule has 0 aromatic rings. The molecule has 0 aliphatic rings. The molecule has 5 heavy (non-hydrogen) atoms. The van der Waals surface area contributed by atoms with Crippen LogP contribution in [-0.4, -0.2) is 0 Å². The van der Waals surface area contributed by atoms with Gasteiger partial charge >= 0.3 is 0 Å². The zero-order valence-corrected chi connectivity index (χ0v) is 29.4. The van der Waals surface area contributed by atoms with E-state index in [1.165, 1.54) is 0 Å². The molecule has 0 fully saturated rings. The quantitative estimate of drug-likeness (QED) is 0.310. The van der Waals surface area contributed by atoms with Gasteiger partial charge in [0, 0.05) is 0 Å². The molecule has 0 atom stereocenters. The molecule has 0 saturated heterocycles. The van der Waals surface area contributed by atoms with Crippen LogP contribution in [0, 0.1) is 7.43 Å². The van der Waals surface area contributed by atoms with E-state index in [1.54, 1.807) is 0 Å². The molecule has 0 rings (SSSR count). The second-order valence-corrected chi connectivity index (χ2v) is 0. The van der Waals surface area contributed by atoms with Crippen molar-refractivity contribution in [3.8, 4) is 0 Å². The van der Waals surface area contributed by atoms with Gasteiger partial charge in [-0.25, -0.2) is 0 Å². The summed E-state index contributed by atoms with van der Waals surface area (Å²) in [6, 6.07) is 0. The SMILES string of the molecule is [CH3-].[Rf].[Rf].[Rf].[Rf]. The minimum absolute atomic E-state index is 0. The van der Waals surface area contributed by atoms with Gasteiger partial charge in [-0.15, -0.1) is 0 Å². The van der Waals surface area contributed by atoms with Crippen LogP contribution in [0.4, 0.5) is 0 Å². The van der Waals surface area contributed by atoms with Crippen LogP contribution in [0.5, 0.6) is 0 Å². The zero-order chi connectivity index (χ0) is 0. The van der Waals surface area contributed by atoms with Gasteiger partial charge in [0.25, 0.3) is 0 Å². The second-order valence-electron chi connectivity index (χ2n) is 0. The Balaban J connectivity index is 0. The van der Waals surface area contributed by atoms with Crippen LogP contribution < -0.4 is 0 Å². The maximum Gasteiger partial charge on any atom is 0 e. The van der Waals surface area contributed by atoms with Gasteiger partial charge in [0.2, 0.25) is 0 Å². The van der Waals surface area contributed by atoms with Crippen molar-refractivity contribution in [2.24, 2.45) is 0 Å². The van der Waals surface area contributed by atoms with Crippen molar-refractivity contribution < 1.29 is 0 Å². The van der Waals surface area contributed by atoms with E-state index < -0.39 is 0 Å². The first-order chi connectivity index (χ1) is 0. The molecule has 0 aliphatic heterocycles. The van der Waals surface area contributed by atoms with Crippen LogP contribution in [0.1, 0.15) is 0 Å². The molecule has 16 valence electrons. The van der Waals surface area contributed by atoms with Crippen molar-refractivity contribution in [2.75, 3.05) is 0 Å². The molecule has 0 aromatic heterocycles. The van der Waals surface area contributed by atoms with E-state index in [4.69, 9.17) is 0 Å². The van der Waals surface area contributed by atoms with Crippen molar-refractivity contribution in [3.63, 3.8) is 0 Å². The molecular formula is CH3Rf4-. The Kier molecular flexibility index (Phi) is 0. The summed E-state index contributed by atoms with van der Waals surface area (Å²) in [5.41, 5.74) is 0. The average molecular weight is 1080 g/mol. The first kappa shape index (κ1) is 0. The molecule has 4 heteroatoms. The van der Waals surface area contributed by atoms with Crippen molar-refractivity contribution >= 4 is 0 Å². The van der Waals surface area contributed by atoms with Crippen LogP contribution >= 0.6 is 0 Å². The second kappa shape index (κ2) is 0. The standard InChI is InChI=1S/CH3.4Rf/h1H3;;;;/q-1;;;;. The number of hydrogen-bond donors (Lipinski definition) is 0. The third kappa shape index (κ3) is 0. The van der Waals surface area contributed by atoms with Gasteiger partial charge in [-0.3, -0.25) is 0 Å². The molecule has 0 unspecified atom stereocenters. The number of rotatable bonds is 0. The van der Waals surface area contributed by atoms with Crippen LogP contribution in [0.15, 0.2) is 0 Å². The van der Waals surface area contributed by atoms with Crippen LogP contribution in [0.2, 0.25) is 0 Å². The fourth-order valence-electron chi connectivity index (χ4n) is 0. The van der Waals surface area contributed by atoms with Gasteiger partial charge in [0.15, 0.2) is 0 Å². The third-order valence-electron chi connectivity index (χ3n) is 0. The first-order valence-electron chi connectivity index (χ1n) is 0. The van der Waals surface area contributed by atoms with Gasteiger partial charge in [-0.1, -0.05) is 0 Å². The summed E-state index contributed by atoms with van der Waals surface area (Å²) in [6.45, 7) is 0. The van der Waals surface area contributed by atoms with Crippen molar-refractivity contribution in [2.45, 2.75) is 0 Å². The van der Waals surface area contributed by atoms with Gasteiger partial charge in [0.05, 0.1) is 0 Å². The van der Waals surface area contributed by atoms with E-state index in [0.717, 1.165) is 0 Å². The summed E-state index contributed by atoms with van der Waals surface area (Å²) in [7, 11) is 0. The molecule has 0 amide bonds. The molecule has 0 spiro atoms. The molecule has 0 heterocycles. The zero-order valence-electron chi connectivity index (χ0n) is 3.83.